The Balaban J connectivity index is 2.11. The molecule has 0 radical (unpaired) electrons. The first-order valence-corrected chi connectivity index (χ1v) is 6.77. The van der Waals surface area contributed by atoms with Crippen molar-refractivity contribution in [3.05, 3.63) is 59.7 Å². The predicted octanol–water partition coefficient (Wildman–Crippen LogP) is 3.52. The minimum absolute atomic E-state index is 0.148. The van der Waals surface area contributed by atoms with E-state index in [0.717, 1.165) is 23.5 Å². The second kappa shape index (κ2) is 7.08. The summed E-state index contributed by atoms with van der Waals surface area (Å²) in [5, 5.41) is 0. The molecule has 2 N–H and O–H groups in total. The summed E-state index contributed by atoms with van der Waals surface area (Å²) in [5.74, 6) is 1.65. The summed E-state index contributed by atoms with van der Waals surface area (Å²) in [6, 6.07) is 16.1. The van der Waals surface area contributed by atoms with E-state index in [-0.39, 0.29) is 6.04 Å². The third-order valence-electron chi connectivity index (χ3n) is 2.90. The first-order chi connectivity index (χ1) is 9.67. The maximum Gasteiger partial charge on any atom is 0.127 e. The second-order valence-electron chi connectivity index (χ2n) is 5.01. The van der Waals surface area contributed by atoms with Crippen molar-refractivity contribution in [3.63, 3.8) is 0 Å². The highest BCUT2D eigenvalue weighted by atomic mass is 16.5. The Morgan fingerprint density at radius 1 is 1.00 bits per heavy atom. The summed E-state index contributed by atoms with van der Waals surface area (Å²) >= 11 is 0. The van der Waals surface area contributed by atoms with Gasteiger partial charge in [0.15, 0.2) is 0 Å². The van der Waals surface area contributed by atoms with Gasteiger partial charge in [0.05, 0.1) is 6.61 Å². The predicted molar refractivity (Wildman–Crippen MR) is 81.0 cm³/mol. The van der Waals surface area contributed by atoms with Gasteiger partial charge in [0.25, 0.3) is 0 Å². The minimum Gasteiger partial charge on any atom is -0.457 e. The van der Waals surface area contributed by atoms with E-state index in [4.69, 9.17) is 15.2 Å². The number of ether oxygens (including phenoxy) is 2. The van der Waals surface area contributed by atoms with E-state index in [1.807, 2.05) is 49.4 Å². The highest BCUT2D eigenvalue weighted by Gasteiger charge is 2.02. The van der Waals surface area contributed by atoms with Crippen LogP contribution in [0.25, 0.3) is 0 Å². The zero-order chi connectivity index (χ0) is 14.4. The van der Waals surface area contributed by atoms with Gasteiger partial charge in [-0.2, -0.15) is 0 Å². The molecule has 0 aromatic heterocycles. The maximum atomic E-state index is 5.89. The normalized spacial score (nSPS) is 12.2. The standard InChI is InChI=1S/C17H21NO2/c1-13(18)9-14-5-3-7-16(10-14)20-17-8-4-6-15(11-17)12-19-2/h3-8,10-11,13H,9,12,18H2,1-2H3. The van der Waals surface area contributed by atoms with Crippen molar-refractivity contribution in [2.24, 2.45) is 5.73 Å². The lowest BCUT2D eigenvalue weighted by atomic mass is 10.1. The van der Waals surface area contributed by atoms with E-state index in [1.165, 1.54) is 5.56 Å². The highest BCUT2D eigenvalue weighted by molar-refractivity contribution is 5.36. The third-order valence-corrected chi connectivity index (χ3v) is 2.90. The van der Waals surface area contributed by atoms with Gasteiger partial charge in [-0.25, -0.2) is 0 Å². The molecule has 3 heteroatoms. The lowest BCUT2D eigenvalue weighted by molar-refractivity contribution is 0.184. The molecule has 1 unspecified atom stereocenters. The van der Waals surface area contributed by atoms with Crippen LogP contribution in [0.5, 0.6) is 11.5 Å². The average Bonchev–Trinajstić information content (AvgIpc) is 2.39. The maximum absolute atomic E-state index is 5.89. The molecule has 0 spiro atoms. The van der Waals surface area contributed by atoms with Crippen LogP contribution in [-0.4, -0.2) is 13.2 Å². The zero-order valence-corrected chi connectivity index (χ0v) is 12.0. The van der Waals surface area contributed by atoms with Gasteiger partial charge in [-0.05, 0) is 48.7 Å². The summed E-state index contributed by atoms with van der Waals surface area (Å²) in [4.78, 5) is 0. The molecule has 0 heterocycles. The number of nitrogens with two attached hydrogens (primary N) is 1. The smallest absolute Gasteiger partial charge is 0.127 e. The Bertz CT molecular complexity index is 552. The van der Waals surface area contributed by atoms with Crippen LogP contribution < -0.4 is 10.5 Å². The molecule has 2 aromatic carbocycles. The summed E-state index contributed by atoms with van der Waals surface area (Å²) in [6.45, 7) is 2.59. The Labute approximate surface area is 120 Å². The number of benzene rings is 2. The van der Waals surface area contributed by atoms with E-state index in [0.29, 0.717) is 6.61 Å². The van der Waals surface area contributed by atoms with E-state index in [2.05, 4.69) is 6.07 Å². The van der Waals surface area contributed by atoms with Crippen LogP contribution in [-0.2, 0) is 17.8 Å². The van der Waals surface area contributed by atoms with E-state index in [1.54, 1.807) is 7.11 Å². The van der Waals surface area contributed by atoms with Crippen LogP contribution >= 0.6 is 0 Å². The van der Waals surface area contributed by atoms with Crippen molar-refractivity contribution in [3.8, 4) is 11.5 Å². The fourth-order valence-corrected chi connectivity index (χ4v) is 2.11. The van der Waals surface area contributed by atoms with E-state index < -0.39 is 0 Å². The van der Waals surface area contributed by atoms with Crippen LogP contribution in [0.4, 0.5) is 0 Å². The zero-order valence-electron chi connectivity index (χ0n) is 12.0. The Morgan fingerprint density at radius 3 is 2.20 bits per heavy atom. The van der Waals surface area contributed by atoms with Crippen LogP contribution in [0.3, 0.4) is 0 Å². The lowest BCUT2D eigenvalue weighted by Gasteiger charge is -2.10. The molecule has 0 aliphatic carbocycles. The molecule has 0 fully saturated rings. The SMILES string of the molecule is COCc1cccc(Oc2cccc(CC(C)N)c2)c1. The third kappa shape index (κ3) is 4.37. The second-order valence-corrected chi connectivity index (χ2v) is 5.01. The molecule has 1 atom stereocenters. The highest BCUT2D eigenvalue weighted by Crippen LogP contribution is 2.23. The average molecular weight is 271 g/mol. The van der Waals surface area contributed by atoms with Crippen LogP contribution in [0.1, 0.15) is 18.1 Å². The molecule has 0 amide bonds. The topological polar surface area (TPSA) is 44.5 Å². The first kappa shape index (κ1) is 14.6. The van der Waals surface area contributed by atoms with Gasteiger partial charge in [-0.1, -0.05) is 24.3 Å². The van der Waals surface area contributed by atoms with E-state index >= 15 is 0 Å². The summed E-state index contributed by atoms with van der Waals surface area (Å²) in [5.41, 5.74) is 8.11. The molecular weight excluding hydrogens is 250 g/mol. The Morgan fingerprint density at radius 2 is 1.60 bits per heavy atom. The molecule has 0 saturated heterocycles. The van der Waals surface area contributed by atoms with Gasteiger partial charge in [0.2, 0.25) is 0 Å². The van der Waals surface area contributed by atoms with Gasteiger partial charge in [-0.3, -0.25) is 0 Å². The van der Waals surface area contributed by atoms with Crippen molar-refractivity contribution in [2.75, 3.05) is 7.11 Å². The Kier molecular flexibility index (Phi) is 5.16. The van der Waals surface area contributed by atoms with Gasteiger partial charge in [-0.15, -0.1) is 0 Å². The number of rotatable bonds is 6. The quantitative estimate of drug-likeness (QED) is 0.874. The van der Waals surface area contributed by atoms with Gasteiger partial charge in [0.1, 0.15) is 11.5 Å². The van der Waals surface area contributed by atoms with Crippen molar-refractivity contribution in [2.45, 2.75) is 26.0 Å². The van der Waals surface area contributed by atoms with Crippen LogP contribution in [0.15, 0.2) is 48.5 Å². The first-order valence-electron chi connectivity index (χ1n) is 6.77. The van der Waals surface area contributed by atoms with Crippen molar-refractivity contribution in [1.82, 2.24) is 0 Å². The van der Waals surface area contributed by atoms with Crippen molar-refractivity contribution in [1.29, 1.82) is 0 Å². The van der Waals surface area contributed by atoms with Crippen molar-refractivity contribution < 1.29 is 9.47 Å². The van der Waals surface area contributed by atoms with Crippen LogP contribution in [0, 0.1) is 0 Å². The summed E-state index contributed by atoms with van der Waals surface area (Å²) in [6.07, 6.45) is 0.848. The number of methoxy groups -OCH3 is 1. The van der Waals surface area contributed by atoms with Crippen LogP contribution in [0.2, 0.25) is 0 Å². The fourth-order valence-electron chi connectivity index (χ4n) is 2.11. The van der Waals surface area contributed by atoms with Gasteiger partial charge < -0.3 is 15.2 Å². The monoisotopic (exact) mass is 271 g/mol. The van der Waals surface area contributed by atoms with Gasteiger partial charge in [0, 0.05) is 13.2 Å². The molecule has 2 rings (SSSR count). The molecule has 2 aromatic rings. The van der Waals surface area contributed by atoms with Crippen molar-refractivity contribution >= 4 is 0 Å². The van der Waals surface area contributed by atoms with E-state index in [9.17, 15) is 0 Å². The number of hydrogen-bond acceptors (Lipinski definition) is 3. The number of hydrogen-bond donors (Lipinski definition) is 1. The van der Waals surface area contributed by atoms with Gasteiger partial charge >= 0.3 is 0 Å². The molecule has 3 nitrogen and oxygen atoms in total. The molecule has 20 heavy (non-hydrogen) atoms. The molecule has 0 aliphatic heterocycles. The lowest BCUT2D eigenvalue weighted by Crippen LogP contribution is -2.17. The Hall–Kier alpha value is -1.84. The molecule has 0 aliphatic rings. The molecular formula is C17H21NO2. The molecule has 106 valence electrons. The minimum atomic E-state index is 0.148. The fraction of sp³-hybridized carbons (Fsp3) is 0.294. The molecule has 0 bridgehead atoms. The largest absolute Gasteiger partial charge is 0.457 e. The molecule has 0 saturated carbocycles. The summed E-state index contributed by atoms with van der Waals surface area (Å²) < 4.78 is 11.0. The summed E-state index contributed by atoms with van der Waals surface area (Å²) in [7, 11) is 1.69.